The predicted molar refractivity (Wildman–Crippen MR) is 94.5 cm³/mol. The van der Waals surface area contributed by atoms with Gasteiger partial charge in [-0.15, -0.1) is 0 Å². The van der Waals surface area contributed by atoms with Crippen molar-refractivity contribution in [2.45, 2.75) is 38.5 Å². The van der Waals surface area contributed by atoms with Crippen LogP contribution in [-0.2, 0) is 14.3 Å². The Morgan fingerprint density at radius 1 is 0.962 bits per heavy atom. The van der Waals surface area contributed by atoms with Crippen molar-refractivity contribution in [1.29, 1.82) is 0 Å². The van der Waals surface area contributed by atoms with Crippen molar-refractivity contribution in [1.82, 2.24) is 10.2 Å². The fourth-order valence-electron chi connectivity index (χ4n) is 2.83. The topological polar surface area (TPSA) is 92.8 Å². The second kappa shape index (κ2) is 9.70. The van der Waals surface area contributed by atoms with Gasteiger partial charge in [-0.25, -0.2) is 0 Å². The third kappa shape index (κ3) is 5.15. The van der Waals surface area contributed by atoms with Gasteiger partial charge >= 0.3 is 5.97 Å². The van der Waals surface area contributed by atoms with Crippen LogP contribution in [0, 0.1) is 0 Å². The molecule has 0 saturated heterocycles. The highest BCUT2D eigenvalue weighted by Gasteiger charge is 2.34. The van der Waals surface area contributed by atoms with Crippen molar-refractivity contribution in [3.05, 3.63) is 35.4 Å². The molecule has 0 saturated carbocycles. The number of nitrogens with one attached hydrogen (secondary N) is 1. The number of hydrogen-bond acceptors (Lipinski definition) is 5. The molecule has 1 aromatic carbocycles. The van der Waals surface area contributed by atoms with Gasteiger partial charge in [-0.2, -0.15) is 0 Å². The maximum absolute atomic E-state index is 12.2. The molecule has 7 nitrogen and oxygen atoms in total. The van der Waals surface area contributed by atoms with Crippen LogP contribution in [0.25, 0.3) is 0 Å². The Balaban J connectivity index is 1.60. The van der Waals surface area contributed by atoms with E-state index in [0.29, 0.717) is 30.5 Å². The van der Waals surface area contributed by atoms with Gasteiger partial charge in [-0.1, -0.05) is 18.6 Å². The van der Waals surface area contributed by atoms with Gasteiger partial charge < -0.3 is 10.1 Å². The molecule has 0 radical (unpaired) electrons. The number of methoxy groups -OCH3 is 1. The summed E-state index contributed by atoms with van der Waals surface area (Å²) in [5.41, 5.74) is 0.850. The van der Waals surface area contributed by atoms with E-state index in [2.05, 4.69) is 10.1 Å². The van der Waals surface area contributed by atoms with Gasteiger partial charge in [-0.3, -0.25) is 24.1 Å². The number of amides is 3. The lowest BCUT2D eigenvalue weighted by molar-refractivity contribution is -0.140. The minimum Gasteiger partial charge on any atom is -0.469 e. The predicted octanol–water partition coefficient (Wildman–Crippen LogP) is 1.91. The first-order chi connectivity index (χ1) is 12.5. The lowest BCUT2D eigenvalue weighted by atomic mass is 10.1. The van der Waals surface area contributed by atoms with Crippen LogP contribution in [-0.4, -0.2) is 48.8 Å². The Bertz CT molecular complexity index is 651. The van der Waals surface area contributed by atoms with Gasteiger partial charge in [-0.05, 0) is 31.4 Å². The molecule has 1 aliphatic rings. The summed E-state index contributed by atoms with van der Waals surface area (Å²) < 4.78 is 4.56. The molecule has 26 heavy (non-hydrogen) atoms. The van der Waals surface area contributed by atoms with E-state index in [1.165, 1.54) is 12.0 Å². The zero-order valence-corrected chi connectivity index (χ0v) is 15.0. The molecule has 0 atom stereocenters. The van der Waals surface area contributed by atoms with E-state index in [1.54, 1.807) is 24.3 Å². The van der Waals surface area contributed by atoms with Crippen LogP contribution in [0.4, 0.5) is 0 Å². The molecule has 1 N–H and O–H groups in total. The molecular formula is C19H24N2O5. The average Bonchev–Trinajstić information content (AvgIpc) is 2.89. The number of nitrogens with zero attached hydrogens (tertiary/aromatic N) is 1. The van der Waals surface area contributed by atoms with Gasteiger partial charge in [0.1, 0.15) is 0 Å². The highest BCUT2D eigenvalue weighted by atomic mass is 16.5. The quantitative estimate of drug-likeness (QED) is 0.391. The Morgan fingerprint density at radius 2 is 1.62 bits per heavy atom. The fraction of sp³-hybridized carbons (Fsp3) is 0.474. The smallest absolute Gasteiger partial charge is 0.305 e. The Morgan fingerprint density at radius 3 is 2.23 bits per heavy atom. The van der Waals surface area contributed by atoms with Gasteiger partial charge in [0.15, 0.2) is 0 Å². The standard InChI is InChI=1S/C19H24N2O5/c1-26-17(23)11-3-2-6-12-20-16(22)10-7-13-21-18(24)14-8-4-5-9-15(14)19(21)25/h4-5,8-9H,2-3,6-7,10-13H2,1H3,(H,20,22). The number of fused-ring (bicyclic) bond motifs is 1. The highest BCUT2D eigenvalue weighted by Crippen LogP contribution is 2.22. The number of benzene rings is 1. The molecular weight excluding hydrogens is 336 g/mol. The van der Waals surface area contributed by atoms with Gasteiger partial charge in [0, 0.05) is 25.9 Å². The number of esters is 1. The zero-order valence-electron chi connectivity index (χ0n) is 15.0. The summed E-state index contributed by atoms with van der Waals surface area (Å²) in [6.07, 6.45) is 3.45. The SMILES string of the molecule is COC(=O)CCCCCNC(=O)CCCN1C(=O)c2ccccc2C1=O. The van der Waals surface area contributed by atoms with Crippen LogP contribution in [0.15, 0.2) is 24.3 Å². The van der Waals surface area contributed by atoms with Crippen LogP contribution in [0.3, 0.4) is 0 Å². The van der Waals surface area contributed by atoms with E-state index < -0.39 is 0 Å². The Hall–Kier alpha value is -2.70. The Labute approximate surface area is 152 Å². The van der Waals surface area contributed by atoms with Crippen LogP contribution in [0.2, 0.25) is 0 Å². The molecule has 0 spiro atoms. The van der Waals surface area contributed by atoms with Crippen molar-refractivity contribution in [3.63, 3.8) is 0 Å². The Kier molecular flexibility index (Phi) is 7.32. The maximum atomic E-state index is 12.2. The molecule has 0 aromatic heterocycles. The van der Waals surface area contributed by atoms with Crippen LogP contribution >= 0.6 is 0 Å². The summed E-state index contributed by atoms with van der Waals surface area (Å²) in [5, 5.41) is 2.81. The van der Waals surface area contributed by atoms with Crippen molar-refractivity contribution >= 4 is 23.7 Å². The maximum Gasteiger partial charge on any atom is 0.305 e. The van der Waals surface area contributed by atoms with Gasteiger partial charge in [0.25, 0.3) is 11.8 Å². The van der Waals surface area contributed by atoms with Gasteiger partial charge in [0.05, 0.1) is 18.2 Å². The molecule has 0 bridgehead atoms. The molecule has 1 heterocycles. The fourth-order valence-corrected chi connectivity index (χ4v) is 2.83. The third-order valence-electron chi connectivity index (χ3n) is 4.27. The first-order valence-corrected chi connectivity index (χ1v) is 8.83. The molecule has 0 fully saturated rings. The number of carbonyl (C=O) groups excluding carboxylic acids is 4. The summed E-state index contributed by atoms with van der Waals surface area (Å²) in [6.45, 7) is 0.784. The minimum atomic E-state index is -0.295. The average molecular weight is 360 g/mol. The molecule has 3 amide bonds. The molecule has 1 aliphatic heterocycles. The van der Waals surface area contributed by atoms with Crippen LogP contribution < -0.4 is 5.32 Å². The van der Waals surface area contributed by atoms with Crippen LogP contribution in [0.1, 0.15) is 59.2 Å². The van der Waals surface area contributed by atoms with E-state index >= 15 is 0 Å². The minimum absolute atomic E-state index is 0.102. The van der Waals surface area contributed by atoms with Crippen molar-refractivity contribution in [2.75, 3.05) is 20.2 Å². The largest absolute Gasteiger partial charge is 0.469 e. The molecule has 7 heteroatoms. The third-order valence-corrected chi connectivity index (χ3v) is 4.27. The molecule has 2 rings (SSSR count). The van der Waals surface area contributed by atoms with E-state index in [-0.39, 0.29) is 36.7 Å². The number of carbonyl (C=O) groups is 4. The van der Waals surface area contributed by atoms with Crippen molar-refractivity contribution < 1.29 is 23.9 Å². The monoisotopic (exact) mass is 360 g/mol. The number of hydrogen-bond donors (Lipinski definition) is 1. The summed E-state index contributed by atoms with van der Waals surface area (Å²) in [6, 6.07) is 6.74. The van der Waals surface area contributed by atoms with Crippen molar-refractivity contribution in [3.8, 4) is 0 Å². The molecule has 1 aromatic rings. The second-order valence-electron chi connectivity index (χ2n) is 6.15. The highest BCUT2D eigenvalue weighted by molar-refractivity contribution is 6.21. The number of imide groups is 1. The number of unbranched alkanes of at least 4 members (excludes halogenated alkanes) is 2. The number of rotatable bonds is 10. The second-order valence-corrected chi connectivity index (χ2v) is 6.15. The first-order valence-electron chi connectivity index (χ1n) is 8.83. The van der Waals surface area contributed by atoms with E-state index in [4.69, 9.17) is 0 Å². The lowest BCUT2D eigenvalue weighted by Crippen LogP contribution is -2.32. The summed E-state index contributed by atoms with van der Waals surface area (Å²) in [7, 11) is 1.37. The first kappa shape index (κ1) is 19.6. The van der Waals surface area contributed by atoms with E-state index in [9.17, 15) is 19.2 Å². The number of ether oxygens (including phenoxy) is 1. The van der Waals surface area contributed by atoms with E-state index in [0.717, 1.165) is 19.3 Å². The van der Waals surface area contributed by atoms with Crippen LogP contribution in [0.5, 0.6) is 0 Å². The normalized spacial score (nSPS) is 12.9. The van der Waals surface area contributed by atoms with Crippen molar-refractivity contribution in [2.24, 2.45) is 0 Å². The summed E-state index contributed by atoms with van der Waals surface area (Å²) >= 11 is 0. The molecule has 140 valence electrons. The summed E-state index contributed by atoms with van der Waals surface area (Å²) in [4.78, 5) is 48.4. The molecule has 0 aliphatic carbocycles. The zero-order chi connectivity index (χ0) is 18.9. The summed E-state index contributed by atoms with van der Waals surface area (Å²) in [5.74, 6) is -0.912. The van der Waals surface area contributed by atoms with E-state index in [1.807, 2.05) is 0 Å². The molecule has 0 unspecified atom stereocenters. The lowest BCUT2D eigenvalue weighted by Gasteiger charge is -2.13. The van der Waals surface area contributed by atoms with Gasteiger partial charge in [0.2, 0.25) is 5.91 Å².